The van der Waals surface area contributed by atoms with Gasteiger partial charge in [-0.2, -0.15) is 5.26 Å². The van der Waals surface area contributed by atoms with Crippen LogP contribution in [0.4, 0.5) is 13.2 Å². The minimum Gasteiger partial charge on any atom is -0.405 e. The average molecular weight is 442 g/mol. The summed E-state index contributed by atoms with van der Waals surface area (Å²) in [4.78, 5) is 26.5. The third-order valence-electron chi connectivity index (χ3n) is 5.01. The Hall–Kier alpha value is -2.84. The zero-order valence-corrected chi connectivity index (χ0v) is 17.2. The van der Waals surface area contributed by atoms with Crippen LogP contribution in [-0.2, 0) is 16.1 Å². The van der Waals surface area contributed by atoms with E-state index in [4.69, 9.17) is 11.0 Å². The number of nitrogens with zero attached hydrogens (tertiary/aromatic N) is 2. The number of piperidine rings is 1. The van der Waals surface area contributed by atoms with E-state index in [9.17, 15) is 27.9 Å². The van der Waals surface area contributed by atoms with Gasteiger partial charge in [-0.05, 0) is 38.8 Å². The number of halogens is 3. The van der Waals surface area contributed by atoms with Crippen molar-refractivity contribution in [1.82, 2.24) is 10.2 Å². The number of hydrogen-bond acceptors (Lipinski definition) is 6. The molecule has 31 heavy (non-hydrogen) atoms. The molecule has 2 rings (SSSR count). The number of nitrogens with one attached hydrogen (secondary N) is 1. The predicted molar refractivity (Wildman–Crippen MR) is 103 cm³/mol. The molecule has 1 aromatic rings. The second kappa shape index (κ2) is 9.53. The Kier molecular flexibility index (Phi) is 7.51. The summed E-state index contributed by atoms with van der Waals surface area (Å²) in [7, 11) is 0. The largest absolute Gasteiger partial charge is 0.573 e. The number of nitriles is 1. The Labute approximate surface area is 177 Å². The number of alkyl halides is 3. The average Bonchev–Trinajstić information content (AvgIpc) is 2.69. The van der Waals surface area contributed by atoms with Crippen LogP contribution in [0.2, 0.25) is 0 Å². The number of nitrogens with two attached hydrogens (primary N) is 1. The summed E-state index contributed by atoms with van der Waals surface area (Å²) in [6.07, 6.45) is -3.91. The fourth-order valence-corrected chi connectivity index (χ4v) is 3.21. The Morgan fingerprint density at radius 3 is 2.68 bits per heavy atom. The van der Waals surface area contributed by atoms with Gasteiger partial charge < -0.3 is 25.8 Å². The highest BCUT2D eigenvalue weighted by Gasteiger charge is 2.36. The Balaban J connectivity index is 2.04. The number of likely N-dealkylation sites (tertiary alicyclic amines) is 1. The molecule has 1 heterocycles. The highest BCUT2D eigenvalue weighted by atomic mass is 19.4. The minimum absolute atomic E-state index is 0.0149. The van der Waals surface area contributed by atoms with Crippen molar-refractivity contribution < 1.29 is 32.6 Å². The molecule has 8 nitrogen and oxygen atoms in total. The van der Waals surface area contributed by atoms with E-state index in [-0.39, 0.29) is 24.2 Å². The monoisotopic (exact) mass is 442 g/mol. The number of carbonyl (C=O) groups is 2. The zero-order chi connectivity index (χ0) is 23.4. The summed E-state index contributed by atoms with van der Waals surface area (Å²) in [6.45, 7) is 3.08. The molecule has 2 amide bonds. The summed E-state index contributed by atoms with van der Waals surface area (Å²) >= 11 is 0. The Morgan fingerprint density at radius 2 is 2.10 bits per heavy atom. The second-order valence-electron chi connectivity index (χ2n) is 7.95. The van der Waals surface area contributed by atoms with Gasteiger partial charge in [0.25, 0.3) is 0 Å². The molecule has 2 atom stereocenters. The van der Waals surface area contributed by atoms with E-state index in [0.717, 1.165) is 6.07 Å². The molecule has 1 aliphatic rings. The summed E-state index contributed by atoms with van der Waals surface area (Å²) in [5.41, 5.74) is 4.42. The number of carbonyl (C=O) groups excluding carboxylic acids is 2. The van der Waals surface area contributed by atoms with Gasteiger partial charge in [-0.1, -0.05) is 6.07 Å². The predicted octanol–water partition coefficient (Wildman–Crippen LogP) is 1.41. The molecular formula is C20H25F3N4O4. The van der Waals surface area contributed by atoms with E-state index in [2.05, 4.69) is 10.1 Å². The number of aliphatic hydroxyl groups is 1. The molecule has 0 aliphatic carbocycles. The molecule has 0 radical (unpaired) electrons. The van der Waals surface area contributed by atoms with E-state index in [0.29, 0.717) is 19.4 Å². The van der Waals surface area contributed by atoms with Crippen LogP contribution in [0, 0.1) is 17.2 Å². The lowest BCUT2D eigenvalue weighted by molar-refractivity contribution is -0.274. The quantitative estimate of drug-likeness (QED) is 0.611. The van der Waals surface area contributed by atoms with Gasteiger partial charge in [-0.3, -0.25) is 9.59 Å². The molecule has 0 aromatic heterocycles. The highest BCUT2D eigenvalue weighted by molar-refractivity contribution is 5.84. The van der Waals surface area contributed by atoms with Crippen LogP contribution >= 0.6 is 0 Å². The first-order chi connectivity index (χ1) is 14.3. The summed E-state index contributed by atoms with van der Waals surface area (Å²) in [5.74, 6) is -2.05. The fourth-order valence-electron chi connectivity index (χ4n) is 3.21. The SMILES string of the molecule is CC(C)(O)C(N)C(=O)N1CCCC(C(=O)NCc2ccc(C#N)cc2OC(F)(F)F)C1. The van der Waals surface area contributed by atoms with Crippen LogP contribution in [0.5, 0.6) is 5.75 Å². The number of rotatable bonds is 6. The maximum absolute atomic E-state index is 12.7. The maximum atomic E-state index is 12.7. The van der Waals surface area contributed by atoms with Gasteiger partial charge >= 0.3 is 6.36 Å². The normalized spacial score (nSPS) is 18.1. The van der Waals surface area contributed by atoms with Gasteiger partial charge in [0.1, 0.15) is 11.8 Å². The van der Waals surface area contributed by atoms with Crippen LogP contribution in [-0.4, -0.2) is 52.9 Å². The summed E-state index contributed by atoms with van der Waals surface area (Å²) in [6, 6.07) is 4.14. The fraction of sp³-hybridized carbons (Fsp3) is 0.550. The molecule has 0 bridgehead atoms. The Morgan fingerprint density at radius 1 is 1.42 bits per heavy atom. The van der Waals surface area contributed by atoms with E-state index in [1.165, 1.54) is 30.9 Å². The molecule has 1 saturated heterocycles. The van der Waals surface area contributed by atoms with Crippen molar-refractivity contribution in [1.29, 1.82) is 5.26 Å². The molecule has 4 N–H and O–H groups in total. The van der Waals surface area contributed by atoms with Gasteiger partial charge in [0.2, 0.25) is 11.8 Å². The van der Waals surface area contributed by atoms with Crippen molar-refractivity contribution in [2.45, 2.75) is 51.2 Å². The van der Waals surface area contributed by atoms with E-state index < -0.39 is 41.5 Å². The van der Waals surface area contributed by atoms with Gasteiger partial charge in [0.15, 0.2) is 0 Å². The number of amides is 2. The highest BCUT2D eigenvalue weighted by Crippen LogP contribution is 2.28. The standard InChI is InChI=1S/C20H25F3N4O4/c1-19(2,30)16(25)18(29)27-7-3-4-14(11-27)17(28)26-10-13-6-5-12(9-24)8-15(13)31-20(21,22)23/h5-6,8,14,16,30H,3-4,7,10-11,25H2,1-2H3,(H,26,28). The lowest BCUT2D eigenvalue weighted by atomic mass is 9.93. The van der Waals surface area contributed by atoms with E-state index in [1.807, 2.05) is 0 Å². The topological polar surface area (TPSA) is 129 Å². The van der Waals surface area contributed by atoms with E-state index in [1.54, 1.807) is 6.07 Å². The lowest BCUT2D eigenvalue weighted by Crippen LogP contribution is -2.57. The lowest BCUT2D eigenvalue weighted by Gasteiger charge is -2.36. The van der Waals surface area contributed by atoms with Crippen molar-refractivity contribution in [2.75, 3.05) is 13.1 Å². The molecule has 1 aliphatic heterocycles. The first-order valence-electron chi connectivity index (χ1n) is 9.65. The molecule has 1 fully saturated rings. The molecule has 2 unspecified atom stereocenters. The van der Waals surface area contributed by atoms with Crippen molar-refractivity contribution >= 4 is 11.8 Å². The van der Waals surface area contributed by atoms with Crippen LogP contribution < -0.4 is 15.8 Å². The molecular weight excluding hydrogens is 417 g/mol. The van der Waals surface area contributed by atoms with Gasteiger partial charge in [0, 0.05) is 25.2 Å². The summed E-state index contributed by atoms with van der Waals surface area (Å²) in [5, 5.41) is 21.4. The van der Waals surface area contributed by atoms with Crippen molar-refractivity contribution in [3.63, 3.8) is 0 Å². The second-order valence-corrected chi connectivity index (χ2v) is 7.95. The maximum Gasteiger partial charge on any atom is 0.573 e. The number of ether oxygens (including phenoxy) is 1. The molecule has 11 heteroatoms. The third-order valence-corrected chi connectivity index (χ3v) is 5.01. The van der Waals surface area contributed by atoms with Gasteiger partial charge in [-0.25, -0.2) is 0 Å². The molecule has 1 aromatic carbocycles. The van der Waals surface area contributed by atoms with Crippen molar-refractivity contribution in [3.05, 3.63) is 29.3 Å². The van der Waals surface area contributed by atoms with Crippen molar-refractivity contribution in [3.8, 4) is 11.8 Å². The van der Waals surface area contributed by atoms with Gasteiger partial charge in [0.05, 0.1) is 23.2 Å². The smallest absolute Gasteiger partial charge is 0.405 e. The third kappa shape index (κ3) is 6.83. The first kappa shape index (κ1) is 24.4. The molecule has 170 valence electrons. The zero-order valence-electron chi connectivity index (χ0n) is 17.2. The van der Waals surface area contributed by atoms with Crippen LogP contribution in [0.1, 0.15) is 37.8 Å². The Bertz CT molecular complexity index is 861. The molecule has 0 spiro atoms. The number of hydrogen-bond donors (Lipinski definition) is 3. The summed E-state index contributed by atoms with van der Waals surface area (Å²) < 4.78 is 41.9. The van der Waals surface area contributed by atoms with E-state index >= 15 is 0 Å². The van der Waals surface area contributed by atoms with Crippen LogP contribution in [0.25, 0.3) is 0 Å². The minimum atomic E-state index is -4.95. The van der Waals surface area contributed by atoms with Crippen molar-refractivity contribution in [2.24, 2.45) is 11.7 Å². The number of benzene rings is 1. The first-order valence-corrected chi connectivity index (χ1v) is 9.65. The van der Waals surface area contributed by atoms with Crippen LogP contribution in [0.3, 0.4) is 0 Å². The van der Waals surface area contributed by atoms with Crippen LogP contribution in [0.15, 0.2) is 18.2 Å². The van der Waals surface area contributed by atoms with Gasteiger partial charge in [-0.15, -0.1) is 13.2 Å². The molecule has 0 saturated carbocycles.